The third-order valence-electron chi connectivity index (χ3n) is 7.69. The standard InChI is InChI=1S/C33H35NO10S/c1-40-29-16-14-22(18-30(29)41-2)13-15-28(23-9-7-10-25(19-23)42-21-31(35)36)44-33(37)26-11-5-6-17-34(26)45(38,39)32-20-24-8-3-4-12-27(24)43-32/h3-4,7-10,12,14,16,18-20,26,28H,5-6,11,13,15,17,21H2,1-2H3,(H,35,36)/t26?,28-/m1/s1. The Kier molecular flexibility index (Phi) is 9.94. The highest BCUT2D eigenvalue weighted by Crippen LogP contribution is 2.34. The highest BCUT2D eigenvalue weighted by atomic mass is 32.2. The van der Waals surface area contributed by atoms with Gasteiger partial charge in [-0.2, -0.15) is 4.31 Å². The zero-order chi connectivity index (χ0) is 32.0. The van der Waals surface area contributed by atoms with Crippen molar-refractivity contribution in [3.05, 3.63) is 83.9 Å². The molecule has 2 atom stereocenters. The molecule has 1 aromatic heterocycles. The van der Waals surface area contributed by atoms with Crippen LogP contribution < -0.4 is 14.2 Å². The number of nitrogens with zero attached hydrogens (tertiary/aromatic N) is 1. The van der Waals surface area contributed by atoms with E-state index in [0.717, 1.165) is 5.56 Å². The summed E-state index contributed by atoms with van der Waals surface area (Å²) in [4.78, 5) is 24.9. The summed E-state index contributed by atoms with van der Waals surface area (Å²) in [5, 5.41) is 9.47. The van der Waals surface area contributed by atoms with Gasteiger partial charge in [-0.1, -0.05) is 36.4 Å². The van der Waals surface area contributed by atoms with Gasteiger partial charge >= 0.3 is 11.9 Å². The van der Waals surface area contributed by atoms with Gasteiger partial charge in [-0.15, -0.1) is 0 Å². The minimum atomic E-state index is -4.15. The highest BCUT2D eigenvalue weighted by Gasteiger charge is 2.41. The van der Waals surface area contributed by atoms with Gasteiger partial charge in [0.25, 0.3) is 10.0 Å². The first-order chi connectivity index (χ1) is 21.7. The number of benzene rings is 3. The smallest absolute Gasteiger partial charge is 0.341 e. The predicted octanol–water partition coefficient (Wildman–Crippen LogP) is 5.37. The van der Waals surface area contributed by atoms with Crippen LogP contribution in [0.15, 0.2) is 82.3 Å². The molecule has 0 bridgehead atoms. The number of hydrogen-bond acceptors (Lipinski definition) is 9. The number of carboxylic acids is 1. The van der Waals surface area contributed by atoms with Crippen molar-refractivity contribution in [1.29, 1.82) is 0 Å². The Morgan fingerprint density at radius 3 is 2.53 bits per heavy atom. The molecule has 11 nitrogen and oxygen atoms in total. The van der Waals surface area contributed by atoms with Crippen molar-refractivity contribution in [2.75, 3.05) is 27.4 Å². The quantitative estimate of drug-likeness (QED) is 0.190. The van der Waals surface area contributed by atoms with Crippen LogP contribution in [-0.4, -0.2) is 63.2 Å². The number of aliphatic carboxylic acids is 1. The Morgan fingerprint density at radius 2 is 1.78 bits per heavy atom. The lowest BCUT2D eigenvalue weighted by molar-refractivity contribution is -0.155. The number of fused-ring (bicyclic) bond motifs is 1. The van der Waals surface area contributed by atoms with Gasteiger partial charge in [0, 0.05) is 18.0 Å². The minimum absolute atomic E-state index is 0.147. The molecule has 238 valence electrons. The lowest BCUT2D eigenvalue weighted by Crippen LogP contribution is -2.48. The van der Waals surface area contributed by atoms with Gasteiger partial charge in [0.15, 0.2) is 18.1 Å². The van der Waals surface area contributed by atoms with E-state index in [-0.39, 0.29) is 11.6 Å². The number of furan rings is 1. The second-order valence-electron chi connectivity index (χ2n) is 10.6. The summed E-state index contributed by atoms with van der Waals surface area (Å²) < 4.78 is 56.6. The Balaban J connectivity index is 1.41. The number of carboxylic acid groups (broad SMARTS) is 1. The number of piperidine rings is 1. The molecule has 1 fully saturated rings. The molecule has 12 heteroatoms. The lowest BCUT2D eigenvalue weighted by Gasteiger charge is -2.33. The number of methoxy groups -OCH3 is 2. The first-order valence-corrected chi connectivity index (χ1v) is 16.0. The van der Waals surface area contributed by atoms with E-state index in [1.165, 1.54) is 10.4 Å². The van der Waals surface area contributed by atoms with E-state index in [2.05, 4.69) is 0 Å². The number of aryl methyl sites for hydroxylation is 1. The number of carbonyl (C=O) groups is 2. The van der Waals surface area contributed by atoms with E-state index in [4.69, 9.17) is 28.5 Å². The number of esters is 1. The predicted molar refractivity (Wildman–Crippen MR) is 164 cm³/mol. The van der Waals surface area contributed by atoms with E-state index < -0.39 is 40.7 Å². The Bertz CT molecular complexity index is 1730. The van der Waals surface area contributed by atoms with Crippen molar-refractivity contribution in [3.8, 4) is 17.2 Å². The monoisotopic (exact) mass is 637 g/mol. The van der Waals surface area contributed by atoms with E-state index in [9.17, 15) is 18.0 Å². The number of para-hydroxylation sites is 1. The molecule has 1 saturated heterocycles. The molecule has 1 N–H and O–H groups in total. The molecule has 1 unspecified atom stereocenters. The van der Waals surface area contributed by atoms with Gasteiger partial charge in [0.05, 0.1) is 14.2 Å². The minimum Gasteiger partial charge on any atom is -0.493 e. The van der Waals surface area contributed by atoms with Crippen molar-refractivity contribution in [2.24, 2.45) is 0 Å². The fourth-order valence-corrected chi connectivity index (χ4v) is 7.02. The fraction of sp³-hybridized carbons (Fsp3) is 0.333. The zero-order valence-corrected chi connectivity index (χ0v) is 25.8. The van der Waals surface area contributed by atoms with Crippen LogP contribution in [0.3, 0.4) is 0 Å². The van der Waals surface area contributed by atoms with E-state index in [0.29, 0.717) is 65.9 Å². The summed E-state index contributed by atoms with van der Waals surface area (Å²) in [6.45, 7) is -0.385. The van der Waals surface area contributed by atoms with Gasteiger partial charge in [0.1, 0.15) is 23.5 Å². The molecular weight excluding hydrogens is 602 g/mol. The Morgan fingerprint density at radius 1 is 0.978 bits per heavy atom. The largest absolute Gasteiger partial charge is 0.493 e. The van der Waals surface area contributed by atoms with Crippen LogP contribution in [-0.2, 0) is 30.8 Å². The second-order valence-corrected chi connectivity index (χ2v) is 12.5. The Hall–Kier alpha value is -4.55. The van der Waals surface area contributed by atoms with Crippen molar-refractivity contribution >= 4 is 32.9 Å². The first-order valence-electron chi connectivity index (χ1n) is 14.6. The Labute approximate surface area is 261 Å². The van der Waals surface area contributed by atoms with Gasteiger partial charge in [-0.3, -0.25) is 4.79 Å². The first kappa shape index (κ1) is 31.9. The van der Waals surface area contributed by atoms with Crippen LogP contribution in [0.25, 0.3) is 11.0 Å². The lowest BCUT2D eigenvalue weighted by atomic mass is 10.00. The fourth-order valence-electron chi connectivity index (χ4n) is 5.42. The summed E-state index contributed by atoms with van der Waals surface area (Å²) >= 11 is 0. The number of carbonyl (C=O) groups excluding carboxylic acids is 1. The van der Waals surface area contributed by atoms with Crippen molar-refractivity contribution < 1.29 is 46.5 Å². The third-order valence-corrected chi connectivity index (χ3v) is 9.45. The summed E-state index contributed by atoms with van der Waals surface area (Å²) in [6.07, 6.45) is 1.56. The van der Waals surface area contributed by atoms with Crippen LogP contribution in [0.4, 0.5) is 0 Å². The van der Waals surface area contributed by atoms with Crippen LogP contribution in [0.5, 0.6) is 17.2 Å². The van der Waals surface area contributed by atoms with Crippen molar-refractivity contribution in [1.82, 2.24) is 4.31 Å². The molecule has 45 heavy (non-hydrogen) atoms. The average Bonchev–Trinajstić information content (AvgIpc) is 3.51. The summed E-state index contributed by atoms with van der Waals surface area (Å²) in [5.41, 5.74) is 1.92. The maximum absolute atomic E-state index is 13.8. The molecule has 0 spiro atoms. The second kappa shape index (κ2) is 14.0. The van der Waals surface area contributed by atoms with Crippen LogP contribution in [0.2, 0.25) is 0 Å². The average molecular weight is 638 g/mol. The summed E-state index contributed by atoms with van der Waals surface area (Å²) in [7, 11) is -1.05. The van der Waals surface area contributed by atoms with E-state index in [1.807, 2.05) is 12.1 Å². The van der Waals surface area contributed by atoms with Crippen LogP contribution in [0.1, 0.15) is 42.9 Å². The third kappa shape index (κ3) is 7.40. The maximum atomic E-state index is 13.8. The molecule has 0 saturated carbocycles. The number of hydrogen-bond donors (Lipinski definition) is 1. The van der Waals surface area contributed by atoms with E-state index in [1.54, 1.807) is 68.8 Å². The number of rotatable bonds is 13. The van der Waals surface area contributed by atoms with Gasteiger partial charge in [-0.25, -0.2) is 13.2 Å². The van der Waals surface area contributed by atoms with Gasteiger partial charge in [-0.05, 0) is 73.6 Å². The van der Waals surface area contributed by atoms with Gasteiger partial charge < -0.3 is 28.5 Å². The topological polar surface area (TPSA) is 142 Å². The molecular formula is C33H35NO10S. The molecule has 2 heterocycles. The van der Waals surface area contributed by atoms with Gasteiger partial charge in [0.2, 0.25) is 5.09 Å². The van der Waals surface area contributed by atoms with Crippen LogP contribution in [0, 0.1) is 0 Å². The molecule has 1 aliphatic heterocycles. The molecule has 1 aliphatic rings. The van der Waals surface area contributed by atoms with E-state index >= 15 is 0 Å². The number of ether oxygens (including phenoxy) is 4. The normalized spacial score (nSPS) is 16.2. The molecule has 3 aromatic carbocycles. The maximum Gasteiger partial charge on any atom is 0.341 e. The van der Waals surface area contributed by atoms with Crippen LogP contribution >= 0.6 is 0 Å². The van der Waals surface area contributed by atoms with Crippen molar-refractivity contribution in [3.63, 3.8) is 0 Å². The molecule has 0 amide bonds. The number of sulfonamides is 1. The molecule has 0 radical (unpaired) electrons. The SMILES string of the molecule is COc1ccc(CC[C@@H](OC(=O)C2CCCCN2S(=O)(=O)c2cc3ccccc3o2)c2cccc(OCC(=O)O)c2)cc1OC. The highest BCUT2D eigenvalue weighted by molar-refractivity contribution is 7.89. The summed E-state index contributed by atoms with van der Waals surface area (Å²) in [5.74, 6) is -0.367. The van der Waals surface area contributed by atoms with Crippen molar-refractivity contribution in [2.45, 2.75) is 49.3 Å². The molecule has 5 rings (SSSR count). The zero-order valence-electron chi connectivity index (χ0n) is 25.0. The molecule has 0 aliphatic carbocycles. The summed E-state index contributed by atoms with van der Waals surface area (Å²) in [6, 6.07) is 19.6. The molecule has 4 aromatic rings.